The molecule has 0 bridgehead atoms. The zero-order chi connectivity index (χ0) is 25.1. The van der Waals surface area contributed by atoms with Gasteiger partial charge in [0.25, 0.3) is 0 Å². The van der Waals surface area contributed by atoms with E-state index in [1.807, 2.05) is 30.3 Å². The highest BCUT2D eigenvalue weighted by Gasteiger charge is 2.34. The van der Waals surface area contributed by atoms with E-state index in [1.54, 1.807) is 35.2 Å². The second-order valence-corrected chi connectivity index (χ2v) is 8.40. The van der Waals surface area contributed by atoms with E-state index in [2.05, 4.69) is 0 Å². The van der Waals surface area contributed by atoms with Crippen molar-refractivity contribution >= 4 is 6.09 Å². The van der Waals surface area contributed by atoms with Crippen molar-refractivity contribution in [2.75, 3.05) is 26.4 Å². The van der Waals surface area contributed by atoms with Crippen molar-refractivity contribution < 1.29 is 30.9 Å². The number of carbonyl (C=O) groups excluding carboxylic acids is 1. The van der Waals surface area contributed by atoms with E-state index in [0.29, 0.717) is 31.0 Å². The highest BCUT2D eigenvalue weighted by atomic mass is 19.1. The average molecular weight is 466 g/mol. The Hall–Kier alpha value is -3.74. The molecule has 6 nitrogen and oxygen atoms in total. The van der Waals surface area contributed by atoms with Gasteiger partial charge in [0, 0.05) is 25.1 Å². The van der Waals surface area contributed by atoms with Gasteiger partial charge in [-0.25, -0.2) is 9.18 Å². The summed E-state index contributed by atoms with van der Waals surface area (Å²) in [7, 11) is 0. The topological polar surface area (TPSA) is 57.2 Å². The maximum atomic E-state index is 13.5. The number of nitrogens with zero attached hydrogens (tertiary/aromatic N) is 1. The summed E-state index contributed by atoms with van der Waals surface area (Å²) in [6.07, 6.45) is 0.299. The fraction of sp³-hybridized carbons (Fsp3) is 0.296. The molecule has 0 radical (unpaired) electrons. The maximum absolute atomic E-state index is 13.5. The molecule has 0 unspecified atom stereocenters. The third-order valence-electron chi connectivity index (χ3n) is 6.18. The summed E-state index contributed by atoms with van der Waals surface area (Å²) in [6, 6.07) is 20.8. The number of carbonyl (C=O) groups is 1. The molecular weight excluding hydrogens is 437 g/mol. The van der Waals surface area contributed by atoms with Gasteiger partial charge < -0.3 is 23.8 Å². The fourth-order valence-electron chi connectivity index (χ4n) is 4.38. The predicted molar refractivity (Wildman–Crippen MR) is 124 cm³/mol. The lowest BCUT2D eigenvalue weighted by molar-refractivity contribution is 0.0642. The van der Waals surface area contributed by atoms with Crippen molar-refractivity contribution in [1.82, 2.24) is 4.90 Å². The SMILES string of the molecule is [2H]C1([2H])Oc2ccc(OC[C@@H]3CN(C(=O)OCc4ccccc4)CC[C@H]3c3ccc(F)cc3)cc2O1. The molecule has 3 aromatic rings. The van der Waals surface area contributed by atoms with Crippen LogP contribution in [0.15, 0.2) is 72.8 Å². The molecule has 1 amide bonds. The summed E-state index contributed by atoms with van der Waals surface area (Å²) < 4.78 is 50.6. The lowest BCUT2D eigenvalue weighted by Gasteiger charge is -2.38. The minimum atomic E-state index is -2.21. The van der Waals surface area contributed by atoms with Crippen molar-refractivity contribution in [2.45, 2.75) is 18.9 Å². The molecule has 0 aromatic heterocycles. The van der Waals surface area contributed by atoms with Gasteiger partial charge in [0.15, 0.2) is 11.5 Å². The van der Waals surface area contributed by atoms with Crippen LogP contribution in [0.1, 0.15) is 26.2 Å². The largest absolute Gasteiger partial charge is 0.493 e. The number of halogens is 1. The Kier molecular flexibility index (Phi) is 5.81. The molecule has 7 heteroatoms. The summed E-state index contributed by atoms with van der Waals surface area (Å²) in [4.78, 5) is 14.5. The van der Waals surface area contributed by atoms with E-state index in [4.69, 9.17) is 21.7 Å². The number of likely N-dealkylation sites (tertiary alicyclic amines) is 1. The summed E-state index contributed by atoms with van der Waals surface area (Å²) in [6.45, 7) is -0.785. The molecule has 0 saturated carbocycles. The molecule has 5 rings (SSSR count). The molecule has 34 heavy (non-hydrogen) atoms. The fourth-order valence-corrected chi connectivity index (χ4v) is 4.38. The van der Waals surface area contributed by atoms with Crippen LogP contribution in [0, 0.1) is 11.7 Å². The third kappa shape index (κ3) is 5.09. The first-order chi connectivity index (χ1) is 17.4. The number of piperidine rings is 1. The van der Waals surface area contributed by atoms with Gasteiger partial charge >= 0.3 is 6.09 Å². The van der Waals surface area contributed by atoms with E-state index < -0.39 is 6.75 Å². The van der Waals surface area contributed by atoms with Gasteiger partial charge in [0.2, 0.25) is 6.75 Å². The third-order valence-corrected chi connectivity index (χ3v) is 6.18. The van der Waals surface area contributed by atoms with E-state index in [1.165, 1.54) is 12.1 Å². The number of benzene rings is 3. The average Bonchev–Trinajstić information content (AvgIpc) is 3.20. The molecule has 2 aliphatic heterocycles. The lowest BCUT2D eigenvalue weighted by Crippen LogP contribution is -2.45. The molecular formula is C27H26FNO5. The first-order valence-corrected chi connectivity index (χ1v) is 11.2. The summed E-state index contributed by atoms with van der Waals surface area (Å²) in [5, 5.41) is 0. The van der Waals surface area contributed by atoms with Gasteiger partial charge in [-0.2, -0.15) is 0 Å². The smallest absolute Gasteiger partial charge is 0.410 e. The number of hydrogen-bond acceptors (Lipinski definition) is 5. The van der Waals surface area contributed by atoms with Gasteiger partial charge in [-0.05, 0) is 47.7 Å². The molecule has 176 valence electrons. The van der Waals surface area contributed by atoms with Crippen LogP contribution in [-0.4, -0.2) is 37.4 Å². The summed E-state index contributed by atoms with van der Waals surface area (Å²) in [5.41, 5.74) is 1.90. The number of amides is 1. The van der Waals surface area contributed by atoms with Gasteiger partial charge in [-0.1, -0.05) is 42.5 Å². The monoisotopic (exact) mass is 465 g/mol. The van der Waals surface area contributed by atoms with Crippen LogP contribution in [0.5, 0.6) is 17.2 Å². The number of fused-ring (bicyclic) bond motifs is 1. The number of hydrogen-bond donors (Lipinski definition) is 0. The Labute approximate surface area is 200 Å². The van der Waals surface area contributed by atoms with Crippen LogP contribution >= 0.6 is 0 Å². The van der Waals surface area contributed by atoms with Crippen LogP contribution in [0.4, 0.5) is 9.18 Å². The van der Waals surface area contributed by atoms with Crippen molar-refractivity contribution in [3.05, 3.63) is 89.7 Å². The van der Waals surface area contributed by atoms with Crippen LogP contribution in [0.25, 0.3) is 0 Å². The van der Waals surface area contributed by atoms with E-state index in [9.17, 15) is 9.18 Å². The Bertz CT molecular complexity index is 1210. The number of ether oxygens (including phenoxy) is 4. The molecule has 1 saturated heterocycles. The van der Waals surface area contributed by atoms with Crippen molar-refractivity contribution in [2.24, 2.45) is 5.92 Å². The minimum absolute atomic E-state index is 0.0620. The van der Waals surface area contributed by atoms with E-state index in [0.717, 1.165) is 11.1 Å². The minimum Gasteiger partial charge on any atom is -0.493 e. The first kappa shape index (κ1) is 19.7. The summed E-state index contributed by atoms with van der Waals surface area (Å²) in [5.74, 6) is 0.756. The molecule has 0 aliphatic carbocycles. The van der Waals surface area contributed by atoms with Crippen LogP contribution in [0.2, 0.25) is 0 Å². The van der Waals surface area contributed by atoms with Crippen molar-refractivity contribution in [3.63, 3.8) is 0 Å². The predicted octanol–water partition coefficient (Wildman–Crippen LogP) is 5.38. The summed E-state index contributed by atoms with van der Waals surface area (Å²) >= 11 is 0. The second kappa shape index (κ2) is 10.0. The molecule has 3 aromatic carbocycles. The Balaban J connectivity index is 1.27. The highest BCUT2D eigenvalue weighted by Crippen LogP contribution is 2.37. The highest BCUT2D eigenvalue weighted by molar-refractivity contribution is 5.67. The van der Waals surface area contributed by atoms with Crippen molar-refractivity contribution in [3.8, 4) is 17.2 Å². The normalized spacial score (nSPS) is 21.4. The first-order valence-electron chi connectivity index (χ1n) is 12.2. The zero-order valence-corrected chi connectivity index (χ0v) is 18.5. The van der Waals surface area contributed by atoms with Gasteiger partial charge in [0.05, 0.1) is 6.61 Å². The Morgan fingerprint density at radius 1 is 1.06 bits per heavy atom. The standard InChI is InChI=1S/C27H26FNO5/c28-22-8-6-20(7-9-22)24-12-13-29(27(30)32-16-19-4-2-1-3-5-19)15-21(24)17-31-23-10-11-25-26(14-23)34-18-33-25/h1-11,14,21,24H,12-13,15-18H2/t21-,24-/m0/s1/i18D2. The van der Waals surface area contributed by atoms with Crippen LogP contribution in [0.3, 0.4) is 0 Å². The lowest BCUT2D eigenvalue weighted by atomic mass is 9.81. The Morgan fingerprint density at radius 3 is 2.68 bits per heavy atom. The van der Waals surface area contributed by atoms with Crippen LogP contribution in [-0.2, 0) is 11.3 Å². The Morgan fingerprint density at radius 2 is 1.85 bits per heavy atom. The molecule has 2 heterocycles. The van der Waals surface area contributed by atoms with Crippen molar-refractivity contribution in [1.29, 1.82) is 0 Å². The van der Waals surface area contributed by atoms with E-state index >= 15 is 0 Å². The van der Waals surface area contributed by atoms with E-state index in [-0.39, 0.29) is 42.7 Å². The van der Waals surface area contributed by atoms with Crippen LogP contribution < -0.4 is 14.2 Å². The molecule has 0 N–H and O–H groups in total. The second-order valence-electron chi connectivity index (χ2n) is 8.40. The van der Waals surface area contributed by atoms with Gasteiger partial charge in [-0.15, -0.1) is 0 Å². The van der Waals surface area contributed by atoms with Gasteiger partial charge in [0.1, 0.15) is 20.9 Å². The molecule has 0 spiro atoms. The quantitative estimate of drug-likeness (QED) is 0.490. The molecule has 1 fully saturated rings. The number of rotatable bonds is 6. The molecule has 2 aliphatic rings. The maximum Gasteiger partial charge on any atom is 0.410 e. The zero-order valence-electron chi connectivity index (χ0n) is 20.5. The molecule has 2 atom stereocenters. The van der Waals surface area contributed by atoms with Gasteiger partial charge in [-0.3, -0.25) is 0 Å².